The van der Waals surface area contributed by atoms with Gasteiger partial charge in [-0.2, -0.15) is 11.8 Å². The smallest absolute Gasteiger partial charge is 0.0713 e. The molecule has 1 unspecified atom stereocenters. The van der Waals surface area contributed by atoms with Crippen LogP contribution in [0, 0.1) is 0 Å². The van der Waals surface area contributed by atoms with E-state index in [2.05, 4.69) is 16.7 Å². The standard InChI is InChI=1S/C12H22N2OS/c13-10-8-14(9-10)11-1-4-15-12(7-11)2-5-16-6-3-12/h10-11H,1-9,13H2. The molecule has 0 aromatic carbocycles. The van der Waals surface area contributed by atoms with E-state index in [1.807, 2.05) is 0 Å². The summed E-state index contributed by atoms with van der Waals surface area (Å²) < 4.78 is 6.11. The Balaban J connectivity index is 1.60. The number of ether oxygens (including phenoxy) is 1. The van der Waals surface area contributed by atoms with Crippen LogP contribution in [0.1, 0.15) is 25.7 Å². The molecule has 0 amide bonds. The maximum atomic E-state index is 6.11. The summed E-state index contributed by atoms with van der Waals surface area (Å²) in [7, 11) is 0. The lowest BCUT2D eigenvalue weighted by atomic mass is 9.83. The van der Waals surface area contributed by atoms with Crippen molar-refractivity contribution < 1.29 is 4.74 Å². The molecule has 2 N–H and O–H groups in total. The second kappa shape index (κ2) is 4.48. The topological polar surface area (TPSA) is 38.5 Å². The molecule has 0 aromatic heterocycles. The predicted octanol–water partition coefficient (Wildman–Crippen LogP) is 1.07. The molecule has 0 radical (unpaired) electrons. The summed E-state index contributed by atoms with van der Waals surface area (Å²) in [6.07, 6.45) is 4.98. The summed E-state index contributed by atoms with van der Waals surface area (Å²) in [6, 6.07) is 1.18. The van der Waals surface area contributed by atoms with E-state index < -0.39 is 0 Å². The maximum absolute atomic E-state index is 6.11. The molecule has 0 saturated carbocycles. The van der Waals surface area contributed by atoms with E-state index in [4.69, 9.17) is 10.5 Å². The van der Waals surface area contributed by atoms with Gasteiger partial charge in [-0.15, -0.1) is 0 Å². The van der Waals surface area contributed by atoms with Gasteiger partial charge in [-0.3, -0.25) is 4.90 Å². The molecule has 3 saturated heterocycles. The van der Waals surface area contributed by atoms with Gasteiger partial charge in [0.2, 0.25) is 0 Å². The minimum Gasteiger partial charge on any atom is -0.375 e. The zero-order valence-corrected chi connectivity index (χ0v) is 10.7. The second-order valence-corrected chi connectivity index (χ2v) is 6.73. The average molecular weight is 242 g/mol. The van der Waals surface area contributed by atoms with Crippen molar-refractivity contribution in [1.82, 2.24) is 4.90 Å². The first kappa shape index (κ1) is 11.3. The van der Waals surface area contributed by atoms with Gasteiger partial charge in [0.05, 0.1) is 5.60 Å². The van der Waals surface area contributed by atoms with E-state index in [0.717, 1.165) is 25.7 Å². The van der Waals surface area contributed by atoms with Crippen LogP contribution in [0.25, 0.3) is 0 Å². The fraction of sp³-hybridized carbons (Fsp3) is 1.00. The highest BCUT2D eigenvalue weighted by molar-refractivity contribution is 7.99. The number of thioether (sulfide) groups is 1. The third-order valence-electron chi connectivity index (χ3n) is 4.33. The molecule has 0 bridgehead atoms. The van der Waals surface area contributed by atoms with Gasteiger partial charge in [-0.1, -0.05) is 0 Å². The first-order valence-corrected chi connectivity index (χ1v) is 7.64. The number of nitrogens with zero attached hydrogens (tertiary/aromatic N) is 1. The minimum atomic E-state index is 0.230. The molecule has 3 fully saturated rings. The zero-order chi connectivity index (χ0) is 11.0. The number of hydrogen-bond donors (Lipinski definition) is 1. The molecule has 0 aliphatic carbocycles. The van der Waals surface area contributed by atoms with Crippen LogP contribution in [-0.4, -0.2) is 53.8 Å². The molecule has 4 heteroatoms. The largest absolute Gasteiger partial charge is 0.375 e. The third kappa shape index (κ3) is 2.13. The Morgan fingerprint density at radius 1 is 1.25 bits per heavy atom. The van der Waals surface area contributed by atoms with E-state index in [9.17, 15) is 0 Å². The molecule has 3 aliphatic heterocycles. The summed E-state index contributed by atoms with van der Waals surface area (Å²) in [4.78, 5) is 2.57. The van der Waals surface area contributed by atoms with Crippen molar-refractivity contribution in [2.45, 2.75) is 43.4 Å². The lowest BCUT2D eigenvalue weighted by Crippen LogP contribution is -2.62. The van der Waals surface area contributed by atoms with E-state index in [1.165, 1.54) is 37.2 Å². The summed E-state index contributed by atoms with van der Waals surface area (Å²) in [5.74, 6) is 2.57. The monoisotopic (exact) mass is 242 g/mol. The fourth-order valence-corrected chi connectivity index (χ4v) is 4.49. The van der Waals surface area contributed by atoms with Crippen molar-refractivity contribution in [2.24, 2.45) is 5.73 Å². The lowest BCUT2D eigenvalue weighted by Gasteiger charge is -2.50. The quantitative estimate of drug-likeness (QED) is 0.746. The van der Waals surface area contributed by atoms with E-state index in [-0.39, 0.29) is 5.60 Å². The van der Waals surface area contributed by atoms with Crippen LogP contribution in [0.4, 0.5) is 0 Å². The van der Waals surface area contributed by atoms with Gasteiger partial charge in [0.15, 0.2) is 0 Å². The van der Waals surface area contributed by atoms with Crippen LogP contribution in [-0.2, 0) is 4.74 Å². The molecule has 92 valence electrons. The molecular formula is C12H22N2OS. The molecule has 3 heterocycles. The highest BCUT2D eigenvalue weighted by Gasteiger charge is 2.42. The van der Waals surface area contributed by atoms with Crippen molar-refractivity contribution in [3.8, 4) is 0 Å². The first-order chi connectivity index (χ1) is 7.77. The van der Waals surface area contributed by atoms with Gasteiger partial charge in [-0.05, 0) is 37.2 Å². The highest BCUT2D eigenvalue weighted by Crippen LogP contribution is 2.39. The van der Waals surface area contributed by atoms with Crippen LogP contribution in [0.2, 0.25) is 0 Å². The summed E-state index contributed by atoms with van der Waals surface area (Å²) >= 11 is 2.08. The van der Waals surface area contributed by atoms with Gasteiger partial charge in [0, 0.05) is 31.8 Å². The minimum absolute atomic E-state index is 0.230. The predicted molar refractivity (Wildman–Crippen MR) is 67.8 cm³/mol. The van der Waals surface area contributed by atoms with Crippen LogP contribution in [0.3, 0.4) is 0 Å². The summed E-state index contributed by atoms with van der Waals surface area (Å²) in [5, 5.41) is 0. The Labute approximate surface area is 102 Å². The van der Waals surface area contributed by atoms with Gasteiger partial charge < -0.3 is 10.5 Å². The van der Waals surface area contributed by atoms with Crippen LogP contribution in [0.5, 0.6) is 0 Å². The third-order valence-corrected chi connectivity index (χ3v) is 5.31. The Bertz CT molecular complexity index is 244. The van der Waals surface area contributed by atoms with Crippen molar-refractivity contribution in [1.29, 1.82) is 0 Å². The molecule has 3 rings (SSSR count). The molecular weight excluding hydrogens is 220 g/mol. The molecule has 0 aromatic rings. The van der Waals surface area contributed by atoms with E-state index in [0.29, 0.717) is 6.04 Å². The van der Waals surface area contributed by atoms with E-state index >= 15 is 0 Å². The molecule has 3 aliphatic rings. The number of nitrogens with two attached hydrogens (primary N) is 1. The highest BCUT2D eigenvalue weighted by atomic mass is 32.2. The summed E-state index contributed by atoms with van der Waals surface area (Å²) in [6.45, 7) is 3.17. The van der Waals surface area contributed by atoms with E-state index in [1.54, 1.807) is 0 Å². The van der Waals surface area contributed by atoms with Crippen LogP contribution >= 0.6 is 11.8 Å². The molecule has 1 atom stereocenters. The van der Waals surface area contributed by atoms with Gasteiger partial charge in [0.25, 0.3) is 0 Å². The molecule has 1 spiro atoms. The first-order valence-electron chi connectivity index (χ1n) is 6.49. The Kier molecular flexibility index (Phi) is 3.17. The van der Waals surface area contributed by atoms with Crippen molar-refractivity contribution in [3.05, 3.63) is 0 Å². The van der Waals surface area contributed by atoms with Gasteiger partial charge >= 0.3 is 0 Å². The second-order valence-electron chi connectivity index (χ2n) is 5.50. The molecule has 16 heavy (non-hydrogen) atoms. The van der Waals surface area contributed by atoms with Crippen molar-refractivity contribution >= 4 is 11.8 Å². The van der Waals surface area contributed by atoms with Crippen LogP contribution in [0.15, 0.2) is 0 Å². The maximum Gasteiger partial charge on any atom is 0.0713 e. The normalized spacial score (nSPS) is 36.2. The van der Waals surface area contributed by atoms with Crippen molar-refractivity contribution in [3.63, 3.8) is 0 Å². The summed E-state index contributed by atoms with van der Waals surface area (Å²) in [5.41, 5.74) is 6.10. The average Bonchev–Trinajstić information content (AvgIpc) is 2.26. The lowest BCUT2D eigenvalue weighted by molar-refractivity contribution is -0.118. The molecule has 3 nitrogen and oxygen atoms in total. The van der Waals surface area contributed by atoms with Crippen LogP contribution < -0.4 is 5.73 Å². The van der Waals surface area contributed by atoms with Crippen molar-refractivity contribution in [2.75, 3.05) is 31.2 Å². The number of likely N-dealkylation sites (tertiary alicyclic amines) is 1. The van der Waals surface area contributed by atoms with Gasteiger partial charge in [-0.25, -0.2) is 0 Å². The number of hydrogen-bond acceptors (Lipinski definition) is 4. The zero-order valence-electron chi connectivity index (χ0n) is 9.86. The Hall–Kier alpha value is 0.230. The van der Waals surface area contributed by atoms with Gasteiger partial charge in [0.1, 0.15) is 0 Å². The fourth-order valence-electron chi connectivity index (χ4n) is 3.25. The Morgan fingerprint density at radius 2 is 2.00 bits per heavy atom. The number of rotatable bonds is 1. The Morgan fingerprint density at radius 3 is 2.69 bits per heavy atom. The SMILES string of the molecule is NC1CN(C2CCOC3(CCSCC3)C2)C1.